The van der Waals surface area contributed by atoms with Crippen LogP contribution in [-0.2, 0) is 0 Å². The molecular weight excluding hydrogens is 817 g/mol. The molecule has 316 valence electrons. The van der Waals surface area contributed by atoms with Crippen molar-refractivity contribution in [3.8, 4) is 22.5 Å². The topological polar surface area (TPSA) is 29.5 Å². The number of fused-ring (bicyclic) bond motifs is 7. The molecule has 0 unspecified atom stereocenters. The zero-order chi connectivity index (χ0) is 44.3. The Morgan fingerprint density at radius 3 is 1.28 bits per heavy atom. The number of benzene rings is 10. The molecule has 13 rings (SSSR count). The van der Waals surface area contributed by atoms with E-state index >= 15 is 0 Å². The average molecular weight is 859 g/mol. The third-order valence-corrected chi connectivity index (χ3v) is 13.2. The first-order chi connectivity index (χ1) is 33.3. The number of furan rings is 1. The van der Waals surface area contributed by atoms with Crippen molar-refractivity contribution in [1.82, 2.24) is 9.13 Å². The molecule has 3 heterocycles. The first-order valence-corrected chi connectivity index (χ1v) is 22.8. The second kappa shape index (κ2) is 15.9. The van der Waals surface area contributed by atoms with Crippen LogP contribution in [0, 0.1) is 0 Å². The van der Waals surface area contributed by atoms with Gasteiger partial charge in [-0.3, -0.25) is 0 Å². The van der Waals surface area contributed by atoms with Crippen LogP contribution in [-0.4, -0.2) is 9.13 Å². The van der Waals surface area contributed by atoms with Crippen LogP contribution >= 0.6 is 0 Å². The van der Waals surface area contributed by atoms with E-state index < -0.39 is 0 Å². The zero-order valence-electron chi connectivity index (χ0n) is 36.4. The summed E-state index contributed by atoms with van der Waals surface area (Å²) in [6, 6.07) is 88.9. The molecule has 67 heavy (non-hydrogen) atoms. The van der Waals surface area contributed by atoms with Gasteiger partial charge in [-0.15, -0.1) is 0 Å². The van der Waals surface area contributed by atoms with Crippen molar-refractivity contribution >= 4 is 88.7 Å². The molecule has 0 aliphatic rings. The van der Waals surface area contributed by atoms with Gasteiger partial charge in [0, 0.05) is 66.7 Å². The lowest BCUT2D eigenvalue weighted by Gasteiger charge is -2.26. The lowest BCUT2D eigenvalue weighted by molar-refractivity contribution is 0.616. The van der Waals surface area contributed by atoms with E-state index in [1.165, 1.54) is 38.1 Å². The van der Waals surface area contributed by atoms with Gasteiger partial charge < -0.3 is 23.4 Å². The highest BCUT2D eigenvalue weighted by Crippen LogP contribution is 2.46. The molecule has 0 radical (unpaired) electrons. The number of nitrogens with zero attached hydrogens (tertiary/aromatic N) is 4. The Hall–Kier alpha value is -9.06. The third-order valence-electron chi connectivity index (χ3n) is 13.2. The first kappa shape index (κ1) is 38.4. The normalized spacial score (nSPS) is 11.6. The van der Waals surface area contributed by atoms with Crippen molar-refractivity contribution < 1.29 is 4.42 Å². The van der Waals surface area contributed by atoms with Crippen LogP contribution in [0.25, 0.3) is 77.1 Å². The molecule has 0 aliphatic heterocycles. The maximum atomic E-state index is 6.47. The highest BCUT2D eigenvalue weighted by Gasteiger charge is 2.23. The summed E-state index contributed by atoms with van der Waals surface area (Å²) in [6.07, 6.45) is 1.81. The van der Waals surface area contributed by atoms with E-state index in [-0.39, 0.29) is 0 Å². The van der Waals surface area contributed by atoms with Gasteiger partial charge in [-0.05, 0) is 132 Å². The molecule has 5 heteroatoms. The van der Waals surface area contributed by atoms with Crippen molar-refractivity contribution in [2.45, 2.75) is 0 Å². The molecule has 0 aliphatic carbocycles. The number of rotatable bonds is 9. The first-order valence-electron chi connectivity index (χ1n) is 22.8. The van der Waals surface area contributed by atoms with Gasteiger partial charge in [-0.25, -0.2) is 0 Å². The minimum atomic E-state index is 0.825. The molecule has 5 nitrogen and oxygen atoms in total. The van der Waals surface area contributed by atoms with E-state index in [1.807, 2.05) is 6.26 Å². The van der Waals surface area contributed by atoms with Gasteiger partial charge in [0.15, 0.2) is 5.58 Å². The number of para-hydroxylation sites is 6. The Morgan fingerprint density at radius 2 is 0.731 bits per heavy atom. The summed E-state index contributed by atoms with van der Waals surface area (Å²) >= 11 is 0. The quantitative estimate of drug-likeness (QED) is 0.145. The lowest BCUT2D eigenvalue weighted by atomic mass is 9.99. The molecule has 0 amide bonds. The molecule has 0 fully saturated rings. The minimum Gasteiger partial charge on any atom is -0.462 e. The molecule has 13 aromatic rings. The van der Waals surface area contributed by atoms with E-state index in [4.69, 9.17) is 4.42 Å². The number of aromatic nitrogens is 2. The van der Waals surface area contributed by atoms with Crippen LogP contribution in [0.15, 0.2) is 259 Å². The standard InChI is InChI=1S/C62H42N4O/c1-5-17-44(18-6-1)63(49-33-36-59-55(41-49)52-25-13-15-27-57(52)65(59)46-21-9-3-10-22-46)48-31-29-43(30-32-48)51-35-38-61(62-54(51)39-40-67-62)64(45-19-7-2-8-20-45)50-34-37-60-56(42-50)53-26-14-16-28-58(53)66(60)47-23-11-4-12-24-47/h1-42H. The van der Waals surface area contributed by atoms with Gasteiger partial charge in [0.1, 0.15) is 0 Å². The lowest BCUT2D eigenvalue weighted by Crippen LogP contribution is -2.10. The van der Waals surface area contributed by atoms with Crippen molar-refractivity contribution in [2.24, 2.45) is 0 Å². The molecule has 0 saturated heterocycles. The fourth-order valence-corrected chi connectivity index (χ4v) is 10.2. The number of anilines is 6. The van der Waals surface area contributed by atoms with E-state index in [2.05, 4.69) is 268 Å². The Balaban J connectivity index is 0.905. The minimum absolute atomic E-state index is 0.825. The Labute approximate surface area is 387 Å². The second-order valence-corrected chi connectivity index (χ2v) is 17.0. The summed E-state index contributed by atoms with van der Waals surface area (Å²) in [5, 5.41) is 5.88. The maximum Gasteiger partial charge on any atom is 0.158 e. The summed E-state index contributed by atoms with van der Waals surface area (Å²) in [7, 11) is 0. The average Bonchev–Trinajstić information content (AvgIpc) is 4.12. The van der Waals surface area contributed by atoms with Crippen LogP contribution in [0.3, 0.4) is 0 Å². The van der Waals surface area contributed by atoms with Gasteiger partial charge in [0.25, 0.3) is 0 Å². The van der Waals surface area contributed by atoms with E-state index in [0.29, 0.717) is 0 Å². The van der Waals surface area contributed by atoms with E-state index in [0.717, 1.165) is 73.1 Å². The number of hydrogen-bond donors (Lipinski definition) is 0. The Bertz CT molecular complexity index is 3910. The van der Waals surface area contributed by atoms with Gasteiger partial charge in [0.2, 0.25) is 0 Å². The van der Waals surface area contributed by atoms with Crippen LogP contribution in [0.4, 0.5) is 34.1 Å². The molecule has 0 atom stereocenters. The summed E-state index contributed by atoms with van der Waals surface area (Å²) in [6.45, 7) is 0. The summed E-state index contributed by atoms with van der Waals surface area (Å²) < 4.78 is 11.2. The Kier molecular flexibility index (Phi) is 9.10. The zero-order valence-corrected chi connectivity index (χ0v) is 36.4. The van der Waals surface area contributed by atoms with Crippen LogP contribution in [0.1, 0.15) is 0 Å². The third kappa shape index (κ3) is 6.39. The molecule has 10 aromatic carbocycles. The monoisotopic (exact) mass is 858 g/mol. The highest BCUT2D eigenvalue weighted by atomic mass is 16.3. The fourth-order valence-electron chi connectivity index (χ4n) is 10.2. The van der Waals surface area contributed by atoms with Gasteiger partial charge in [-0.2, -0.15) is 0 Å². The smallest absolute Gasteiger partial charge is 0.158 e. The van der Waals surface area contributed by atoms with Crippen LogP contribution in [0.2, 0.25) is 0 Å². The molecular formula is C62H42N4O. The van der Waals surface area contributed by atoms with Gasteiger partial charge >= 0.3 is 0 Å². The van der Waals surface area contributed by atoms with Gasteiger partial charge in [-0.1, -0.05) is 127 Å². The van der Waals surface area contributed by atoms with Crippen molar-refractivity contribution in [3.05, 3.63) is 255 Å². The summed E-state index contributed by atoms with van der Waals surface area (Å²) in [5.41, 5.74) is 16.3. The molecule has 0 spiro atoms. The largest absolute Gasteiger partial charge is 0.462 e. The highest BCUT2D eigenvalue weighted by molar-refractivity contribution is 6.12. The van der Waals surface area contributed by atoms with E-state index in [1.54, 1.807) is 0 Å². The molecule has 3 aromatic heterocycles. The Morgan fingerprint density at radius 1 is 0.299 bits per heavy atom. The molecule has 0 bridgehead atoms. The van der Waals surface area contributed by atoms with Crippen molar-refractivity contribution in [3.63, 3.8) is 0 Å². The second-order valence-electron chi connectivity index (χ2n) is 17.0. The molecule has 0 N–H and O–H groups in total. The van der Waals surface area contributed by atoms with Crippen molar-refractivity contribution in [1.29, 1.82) is 0 Å². The van der Waals surface area contributed by atoms with E-state index in [9.17, 15) is 0 Å². The summed E-state index contributed by atoms with van der Waals surface area (Å²) in [4.78, 5) is 4.67. The molecule has 0 saturated carbocycles. The van der Waals surface area contributed by atoms with Gasteiger partial charge in [0.05, 0.1) is 34.0 Å². The fraction of sp³-hybridized carbons (Fsp3) is 0. The predicted octanol–water partition coefficient (Wildman–Crippen LogP) is 17.2. The maximum absolute atomic E-state index is 6.47. The number of hydrogen-bond acceptors (Lipinski definition) is 3. The SMILES string of the molecule is c1ccc(N(c2ccc(-c3ccc(N(c4ccccc4)c4ccc5c(c4)c4ccccc4n5-c4ccccc4)c4occc34)cc2)c2ccc3c(c2)c2ccccc2n3-c2ccccc2)cc1. The predicted molar refractivity (Wildman–Crippen MR) is 280 cm³/mol. The van der Waals surface area contributed by atoms with Crippen LogP contribution in [0.5, 0.6) is 0 Å². The van der Waals surface area contributed by atoms with Crippen LogP contribution < -0.4 is 9.80 Å². The summed E-state index contributed by atoms with van der Waals surface area (Å²) in [5.74, 6) is 0. The van der Waals surface area contributed by atoms with Crippen molar-refractivity contribution in [2.75, 3.05) is 9.80 Å².